The number of aromatic carboxylic acids is 1. The predicted octanol–water partition coefficient (Wildman–Crippen LogP) is 2.07. The first kappa shape index (κ1) is 12.8. The summed E-state index contributed by atoms with van der Waals surface area (Å²) in [7, 11) is 1.72. The number of ether oxygens (including phenoxy) is 1. The van der Waals surface area contributed by atoms with Crippen LogP contribution in [0.3, 0.4) is 0 Å². The molecule has 5 nitrogen and oxygen atoms in total. The SMILES string of the molecule is COC1(CNc2cc(C(=O)O)cc(C)n2)CCC1. The molecule has 1 fully saturated rings. The number of carboxylic acid groups (broad SMARTS) is 1. The molecule has 2 rings (SSSR count). The van der Waals surface area contributed by atoms with Crippen molar-refractivity contribution < 1.29 is 14.6 Å². The van der Waals surface area contributed by atoms with Crippen LogP contribution in [0, 0.1) is 6.92 Å². The molecule has 0 radical (unpaired) electrons. The second kappa shape index (κ2) is 4.94. The lowest BCUT2D eigenvalue weighted by Gasteiger charge is -2.40. The molecule has 1 aromatic rings. The number of carbonyl (C=O) groups is 1. The van der Waals surface area contributed by atoms with Gasteiger partial charge in [0.1, 0.15) is 5.82 Å². The number of aryl methyl sites for hydroxylation is 1. The fourth-order valence-electron chi connectivity index (χ4n) is 2.16. The minimum absolute atomic E-state index is 0.102. The van der Waals surface area contributed by atoms with Crippen molar-refractivity contribution in [2.24, 2.45) is 0 Å². The van der Waals surface area contributed by atoms with Crippen molar-refractivity contribution in [1.29, 1.82) is 0 Å². The molecular weight excluding hydrogens is 232 g/mol. The van der Waals surface area contributed by atoms with Gasteiger partial charge >= 0.3 is 5.97 Å². The van der Waals surface area contributed by atoms with Crippen molar-refractivity contribution in [2.75, 3.05) is 19.0 Å². The van der Waals surface area contributed by atoms with E-state index in [1.807, 2.05) is 0 Å². The molecule has 0 spiro atoms. The van der Waals surface area contributed by atoms with Crippen LogP contribution in [-0.4, -0.2) is 35.3 Å². The van der Waals surface area contributed by atoms with E-state index in [1.54, 1.807) is 26.2 Å². The van der Waals surface area contributed by atoms with Gasteiger partial charge in [0.25, 0.3) is 0 Å². The van der Waals surface area contributed by atoms with Crippen LogP contribution in [0.25, 0.3) is 0 Å². The maximum absolute atomic E-state index is 10.9. The fraction of sp³-hybridized carbons (Fsp3) is 0.538. The number of pyridine rings is 1. The van der Waals surface area contributed by atoms with Crippen LogP contribution in [0.4, 0.5) is 5.82 Å². The molecule has 1 aromatic heterocycles. The zero-order valence-electron chi connectivity index (χ0n) is 10.7. The summed E-state index contributed by atoms with van der Waals surface area (Å²) >= 11 is 0. The first-order valence-electron chi connectivity index (χ1n) is 6.06. The standard InChI is InChI=1S/C13H18N2O3/c1-9-6-10(12(16)17)7-11(15-9)14-8-13(18-2)4-3-5-13/h6-7H,3-5,8H2,1-2H3,(H,14,15)(H,16,17). The number of hydrogen-bond acceptors (Lipinski definition) is 4. The molecule has 0 atom stereocenters. The lowest BCUT2D eigenvalue weighted by molar-refractivity contribution is -0.0601. The number of anilines is 1. The molecule has 0 unspecified atom stereocenters. The third kappa shape index (κ3) is 2.61. The number of methoxy groups -OCH3 is 1. The summed E-state index contributed by atoms with van der Waals surface area (Å²) in [6.07, 6.45) is 3.25. The summed E-state index contributed by atoms with van der Waals surface area (Å²) in [6.45, 7) is 2.45. The average Bonchev–Trinajstić information content (AvgIpc) is 2.27. The second-order valence-electron chi connectivity index (χ2n) is 4.78. The molecule has 2 N–H and O–H groups in total. The van der Waals surface area contributed by atoms with Crippen molar-refractivity contribution in [3.8, 4) is 0 Å². The Bertz CT molecular complexity index is 450. The van der Waals surface area contributed by atoms with E-state index in [-0.39, 0.29) is 11.2 Å². The van der Waals surface area contributed by atoms with E-state index >= 15 is 0 Å². The highest BCUT2D eigenvalue weighted by molar-refractivity contribution is 5.88. The zero-order valence-corrected chi connectivity index (χ0v) is 10.7. The molecular formula is C13H18N2O3. The van der Waals surface area contributed by atoms with E-state index < -0.39 is 5.97 Å². The number of aromatic nitrogens is 1. The van der Waals surface area contributed by atoms with Crippen molar-refractivity contribution in [3.05, 3.63) is 23.4 Å². The van der Waals surface area contributed by atoms with Gasteiger partial charge in [-0.05, 0) is 38.3 Å². The summed E-state index contributed by atoms with van der Waals surface area (Å²) in [6, 6.07) is 3.11. The highest BCUT2D eigenvalue weighted by atomic mass is 16.5. The number of hydrogen-bond donors (Lipinski definition) is 2. The quantitative estimate of drug-likeness (QED) is 0.837. The molecule has 0 saturated heterocycles. The van der Waals surface area contributed by atoms with E-state index in [2.05, 4.69) is 10.3 Å². The molecule has 0 aliphatic heterocycles. The number of nitrogens with zero attached hydrogens (tertiary/aromatic N) is 1. The van der Waals surface area contributed by atoms with Gasteiger partial charge in [0.15, 0.2) is 0 Å². The lowest BCUT2D eigenvalue weighted by Crippen LogP contribution is -2.45. The van der Waals surface area contributed by atoms with Gasteiger partial charge in [-0.25, -0.2) is 9.78 Å². The van der Waals surface area contributed by atoms with Gasteiger partial charge in [0.05, 0.1) is 11.2 Å². The Kier molecular flexibility index (Phi) is 3.52. The van der Waals surface area contributed by atoms with Crippen LogP contribution in [0.15, 0.2) is 12.1 Å². The smallest absolute Gasteiger partial charge is 0.335 e. The van der Waals surface area contributed by atoms with Gasteiger partial charge in [0, 0.05) is 19.3 Å². The zero-order chi connectivity index (χ0) is 13.2. The van der Waals surface area contributed by atoms with E-state index in [0.717, 1.165) is 12.8 Å². The first-order chi connectivity index (χ1) is 8.54. The topological polar surface area (TPSA) is 71.5 Å². The van der Waals surface area contributed by atoms with Gasteiger partial charge in [-0.2, -0.15) is 0 Å². The Labute approximate surface area is 106 Å². The summed E-state index contributed by atoms with van der Waals surface area (Å²) in [4.78, 5) is 15.2. The van der Waals surface area contributed by atoms with Crippen LogP contribution < -0.4 is 5.32 Å². The number of rotatable bonds is 5. The Morgan fingerprint density at radius 1 is 1.56 bits per heavy atom. The third-order valence-electron chi connectivity index (χ3n) is 3.49. The largest absolute Gasteiger partial charge is 0.478 e. The summed E-state index contributed by atoms with van der Waals surface area (Å²) in [5.41, 5.74) is 0.844. The van der Waals surface area contributed by atoms with Crippen molar-refractivity contribution in [3.63, 3.8) is 0 Å². The molecule has 1 aliphatic carbocycles. The van der Waals surface area contributed by atoms with Crippen molar-refractivity contribution in [1.82, 2.24) is 4.98 Å². The fourth-order valence-corrected chi connectivity index (χ4v) is 2.16. The van der Waals surface area contributed by atoms with Crippen LogP contribution in [0.2, 0.25) is 0 Å². The van der Waals surface area contributed by atoms with Crippen LogP contribution in [0.1, 0.15) is 35.3 Å². The number of nitrogens with one attached hydrogen (secondary N) is 1. The normalized spacial score (nSPS) is 17.0. The minimum Gasteiger partial charge on any atom is -0.478 e. The van der Waals surface area contributed by atoms with E-state index in [4.69, 9.17) is 9.84 Å². The van der Waals surface area contributed by atoms with E-state index in [9.17, 15) is 4.79 Å². The lowest BCUT2D eigenvalue weighted by atomic mass is 9.80. The Morgan fingerprint density at radius 2 is 2.28 bits per heavy atom. The van der Waals surface area contributed by atoms with Gasteiger partial charge in [-0.3, -0.25) is 0 Å². The van der Waals surface area contributed by atoms with Gasteiger partial charge in [-0.15, -0.1) is 0 Å². The van der Waals surface area contributed by atoms with Crippen molar-refractivity contribution >= 4 is 11.8 Å². The minimum atomic E-state index is -0.936. The van der Waals surface area contributed by atoms with E-state index in [0.29, 0.717) is 18.1 Å². The molecule has 98 valence electrons. The molecule has 1 heterocycles. The average molecular weight is 250 g/mol. The number of carboxylic acids is 1. The van der Waals surface area contributed by atoms with Crippen LogP contribution in [-0.2, 0) is 4.74 Å². The van der Waals surface area contributed by atoms with Gasteiger partial charge < -0.3 is 15.2 Å². The highest BCUT2D eigenvalue weighted by Gasteiger charge is 2.36. The molecule has 0 aromatic carbocycles. The summed E-state index contributed by atoms with van der Waals surface area (Å²) < 4.78 is 5.50. The Hall–Kier alpha value is -1.62. The Morgan fingerprint density at radius 3 is 2.78 bits per heavy atom. The van der Waals surface area contributed by atoms with Crippen LogP contribution in [0.5, 0.6) is 0 Å². The molecule has 18 heavy (non-hydrogen) atoms. The monoisotopic (exact) mass is 250 g/mol. The maximum atomic E-state index is 10.9. The molecule has 1 saturated carbocycles. The van der Waals surface area contributed by atoms with Gasteiger partial charge in [0.2, 0.25) is 0 Å². The van der Waals surface area contributed by atoms with Gasteiger partial charge in [-0.1, -0.05) is 0 Å². The Balaban J connectivity index is 2.07. The summed E-state index contributed by atoms with van der Waals surface area (Å²) in [5, 5.41) is 12.2. The third-order valence-corrected chi connectivity index (χ3v) is 3.49. The first-order valence-corrected chi connectivity index (χ1v) is 6.06. The second-order valence-corrected chi connectivity index (χ2v) is 4.78. The molecule has 1 aliphatic rings. The molecule has 5 heteroatoms. The molecule has 0 bridgehead atoms. The predicted molar refractivity (Wildman–Crippen MR) is 68.0 cm³/mol. The summed E-state index contributed by atoms with van der Waals surface area (Å²) in [5.74, 6) is -0.343. The van der Waals surface area contributed by atoms with E-state index in [1.165, 1.54) is 6.42 Å². The maximum Gasteiger partial charge on any atom is 0.335 e. The highest BCUT2D eigenvalue weighted by Crippen LogP contribution is 2.34. The van der Waals surface area contributed by atoms with Crippen molar-refractivity contribution in [2.45, 2.75) is 31.8 Å². The molecule has 0 amide bonds. The van der Waals surface area contributed by atoms with Crippen LogP contribution >= 0.6 is 0 Å².